The second kappa shape index (κ2) is 7.00. The summed E-state index contributed by atoms with van der Waals surface area (Å²) in [7, 11) is -3.18. The Bertz CT molecular complexity index is 457. The largest absolute Gasteiger partial charge is 0.338 e. The first-order chi connectivity index (χ1) is 9.25. The van der Waals surface area contributed by atoms with Gasteiger partial charge in [-0.3, -0.25) is 15.0 Å². The van der Waals surface area contributed by atoms with E-state index in [0.717, 1.165) is 0 Å². The molecule has 8 nitrogen and oxygen atoms in total. The molecule has 1 saturated heterocycles. The molecular weight excluding hydrogens is 284 g/mol. The summed E-state index contributed by atoms with van der Waals surface area (Å²) < 4.78 is 24.2. The van der Waals surface area contributed by atoms with Crippen molar-refractivity contribution in [3.63, 3.8) is 0 Å². The van der Waals surface area contributed by atoms with Crippen molar-refractivity contribution in [2.75, 3.05) is 39.0 Å². The van der Waals surface area contributed by atoms with Gasteiger partial charge in [0.15, 0.2) is 0 Å². The van der Waals surface area contributed by atoms with E-state index in [1.165, 1.54) is 10.6 Å². The Morgan fingerprint density at radius 2 is 1.75 bits per heavy atom. The van der Waals surface area contributed by atoms with Crippen molar-refractivity contribution in [1.82, 2.24) is 19.8 Å². The van der Waals surface area contributed by atoms with Gasteiger partial charge >= 0.3 is 6.03 Å². The molecule has 0 radical (unpaired) electrons. The number of hydrogen-bond donors (Lipinski definition) is 2. The Kier molecular flexibility index (Phi) is 5.90. The molecule has 0 aromatic rings. The maximum absolute atomic E-state index is 11.9. The fourth-order valence-electron chi connectivity index (χ4n) is 2.01. The quantitative estimate of drug-likeness (QED) is 0.679. The van der Waals surface area contributed by atoms with E-state index < -0.39 is 22.1 Å². The molecule has 0 bridgehead atoms. The number of sulfonamides is 1. The first-order valence-corrected chi connectivity index (χ1v) is 8.38. The summed E-state index contributed by atoms with van der Waals surface area (Å²) in [5, 5.41) is 4.74. The van der Waals surface area contributed by atoms with Crippen molar-refractivity contribution in [3.8, 4) is 0 Å². The molecule has 1 unspecified atom stereocenters. The molecule has 2 N–H and O–H groups in total. The first-order valence-electron chi connectivity index (χ1n) is 6.53. The third kappa shape index (κ3) is 4.73. The molecular formula is C11H22N4O4S. The van der Waals surface area contributed by atoms with Crippen molar-refractivity contribution < 1.29 is 18.0 Å². The Balaban J connectivity index is 2.48. The van der Waals surface area contributed by atoms with E-state index in [1.54, 1.807) is 13.8 Å². The van der Waals surface area contributed by atoms with Crippen LogP contribution in [-0.4, -0.2) is 74.6 Å². The van der Waals surface area contributed by atoms with E-state index in [0.29, 0.717) is 32.7 Å². The van der Waals surface area contributed by atoms with Gasteiger partial charge in [0.25, 0.3) is 0 Å². The summed E-state index contributed by atoms with van der Waals surface area (Å²) in [6.07, 6.45) is 1.17. The number of nitrogens with zero attached hydrogens (tertiary/aromatic N) is 2. The number of hydrogen-bond acceptors (Lipinski definition) is 5. The summed E-state index contributed by atoms with van der Waals surface area (Å²) in [5.74, 6) is -0.385. The van der Waals surface area contributed by atoms with E-state index in [1.807, 2.05) is 4.90 Å². The second-order valence-corrected chi connectivity index (χ2v) is 6.71. The highest BCUT2D eigenvalue weighted by molar-refractivity contribution is 7.88. The van der Waals surface area contributed by atoms with Crippen LogP contribution in [0.4, 0.5) is 4.79 Å². The number of urea groups is 1. The smallest absolute Gasteiger partial charge is 0.321 e. The molecule has 1 atom stereocenters. The molecule has 1 aliphatic heterocycles. The summed E-state index contributed by atoms with van der Waals surface area (Å²) in [4.78, 5) is 25.0. The molecule has 1 aliphatic rings. The maximum Gasteiger partial charge on any atom is 0.321 e. The lowest BCUT2D eigenvalue weighted by atomic mass is 10.2. The van der Waals surface area contributed by atoms with E-state index in [9.17, 15) is 18.0 Å². The van der Waals surface area contributed by atoms with Crippen molar-refractivity contribution >= 4 is 22.0 Å². The highest BCUT2D eigenvalue weighted by atomic mass is 32.2. The fraction of sp³-hybridized carbons (Fsp3) is 0.818. The molecule has 20 heavy (non-hydrogen) atoms. The lowest BCUT2D eigenvalue weighted by Crippen LogP contribution is -2.56. The number of carbonyl (C=O) groups is 2. The Hall–Kier alpha value is -1.19. The molecule has 0 saturated carbocycles. The lowest BCUT2D eigenvalue weighted by molar-refractivity contribution is -0.125. The lowest BCUT2D eigenvalue weighted by Gasteiger charge is -2.36. The first kappa shape index (κ1) is 16.9. The third-order valence-electron chi connectivity index (χ3n) is 3.24. The van der Waals surface area contributed by atoms with Crippen LogP contribution >= 0.6 is 0 Å². The van der Waals surface area contributed by atoms with Gasteiger partial charge in [-0.1, -0.05) is 0 Å². The van der Waals surface area contributed by atoms with Gasteiger partial charge in [-0.05, 0) is 13.8 Å². The third-order valence-corrected chi connectivity index (χ3v) is 4.55. The van der Waals surface area contributed by atoms with Gasteiger partial charge in [0.1, 0.15) is 0 Å². The summed E-state index contributed by atoms with van der Waals surface area (Å²) in [6.45, 7) is 5.56. The van der Waals surface area contributed by atoms with Crippen molar-refractivity contribution in [3.05, 3.63) is 0 Å². The molecule has 1 fully saturated rings. The molecule has 0 aromatic heterocycles. The Morgan fingerprint density at radius 3 is 2.20 bits per heavy atom. The van der Waals surface area contributed by atoms with Crippen molar-refractivity contribution in [2.45, 2.75) is 19.9 Å². The molecule has 1 heterocycles. The zero-order valence-electron chi connectivity index (χ0n) is 12.0. The van der Waals surface area contributed by atoms with Gasteiger partial charge in [-0.15, -0.1) is 0 Å². The second-order valence-electron chi connectivity index (χ2n) is 4.72. The summed E-state index contributed by atoms with van der Waals surface area (Å²) in [5.41, 5.74) is 0. The number of carbonyl (C=O) groups excluding carboxylic acids is 2. The Morgan fingerprint density at radius 1 is 1.20 bits per heavy atom. The monoisotopic (exact) mass is 306 g/mol. The van der Waals surface area contributed by atoms with E-state index in [2.05, 4.69) is 10.6 Å². The molecule has 0 aliphatic carbocycles. The summed E-state index contributed by atoms with van der Waals surface area (Å²) in [6, 6.07) is -0.988. The molecule has 0 spiro atoms. The van der Waals surface area contributed by atoms with Gasteiger partial charge in [0.05, 0.1) is 12.3 Å². The number of imide groups is 1. The topological polar surface area (TPSA) is 98.8 Å². The van der Waals surface area contributed by atoms with E-state index in [4.69, 9.17) is 0 Å². The highest BCUT2D eigenvalue weighted by Crippen LogP contribution is 2.09. The molecule has 0 aromatic carbocycles. The average molecular weight is 306 g/mol. The van der Waals surface area contributed by atoms with Crippen LogP contribution in [0.1, 0.15) is 13.8 Å². The Labute approximate surface area is 119 Å². The molecule has 116 valence electrons. The fourth-order valence-corrected chi connectivity index (χ4v) is 2.84. The normalized spacial score (nSPS) is 19.4. The minimum absolute atomic E-state index is 0.359. The van der Waals surface area contributed by atoms with Crippen LogP contribution < -0.4 is 10.6 Å². The predicted molar refractivity (Wildman–Crippen MR) is 74.7 cm³/mol. The molecule has 9 heteroatoms. The van der Waals surface area contributed by atoms with Crippen LogP contribution in [0.25, 0.3) is 0 Å². The van der Waals surface area contributed by atoms with Crippen LogP contribution in [0, 0.1) is 0 Å². The standard InChI is InChI=1S/C11H22N4O4S/c1-4-12-11(17)13-10(16)9(2)14-5-7-15(8-6-14)20(3,18)19/h9H,4-8H2,1-3H3,(H2,12,13,16,17). The summed E-state index contributed by atoms with van der Waals surface area (Å²) >= 11 is 0. The maximum atomic E-state index is 11.9. The minimum Gasteiger partial charge on any atom is -0.338 e. The SMILES string of the molecule is CCNC(=O)NC(=O)C(C)N1CCN(S(C)(=O)=O)CC1. The van der Waals surface area contributed by atoms with Crippen LogP contribution in [0.2, 0.25) is 0 Å². The molecule has 3 amide bonds. The zero-order chi connectivity index (χ0) is 15.3. The van der Waals surface area contributed by atoms with Crippen LogP contribution in [-0.2, 0) is 14.8 Å². The number of nitrogens with one attached hydrogen (secondary N) is 2. The van der Waals surface area contributed by atoms with Crippen LogP contribution in [0.3, 0.4) is 0 Å². The minimum atomic E-state index is -3.18. The van der Waals surface area contributed by atoms with E-state index in [-0.39, 0.29) is 5.91 Å². The van der Waals surface area contributed by atoms with Crippen LogP contribution in [0.15, 0.2) is 0 Å². The van der Waals surface area contributed by atoms with Gasteiger partial charge in [-0.25, -0.2) is 13.2 Å². The molecule has 1 rings (SSSR count). The van der Waals surface area contributed by atoms with Gasteiger partial charge in [0, 0.05) is 32.7 Å². The van der Waals surface area contributed by atoms with Crippen molar-refractivity contribution in [1.29, 1.82) is 0 Å². The zero-order valence-corrected chi connectivity index (χ0v) is 12.9. The number of piperazine rings is 1. The van der Waals surface area contributed by atoms with E-state index >= 15 is 0 Å². The van der Waals surface area contributed by atoms with Crippen molar-refractivity contribution in [2.24, 2.45) is 0 Å². The predicted octanol–water partition coefficient (Wildman–Crippen LogP) is -1.20. The highest BCUT2D eigenvalue weighted by Gasteiger charge is 2.29. The number of rotatable bonds is 4. The average Bonchev–Trinajstić information content (AvgIpc) is 2.37. The number of amides is 3. The van der Waals surface area contributed by atoms with Gasteiger partial charge < -0.3 is 5.32 Å². The van der Waals surface area contributed by atoms with Crippen LogP contribution in [0.5, 0.6) is 0 Å². The van der Waals surface area contributed by atoms with Gasteiger partial charge in [0.2, 0.25) is 15.9 Å². The van der Waals surface area contributed by atoms with Gasteiger partial charge in [-0.2, -0.15) is 4.31 Å².